The topological polar surface area (TPSA) is 112 Å². The molecule has 3 N–H and O–H groups in total. The molecule has 4 rings (SSSR count). The van der Waals surface area contributed by atoms with E-state index >= 15 is 0 Å². The van der Waals surface area contributed by atoms with E-state index in [1.165, 1.54) is 4.90 Å². The Morgan fingerprint density at radius 3 is 2.33 bits per heavy atom. The SMILES string of the molecule is CC(C)(C)[C@@H]1[C@@H](NCc2cc(C(F)(F)F)cnc2OCCO)[C@@H](c2ccccc2)N(C(=O)C2CCCCC2)[C@H]1C(=O)O. The first kappa shape index (κ1) is 31.7. The van der Waals surface area contributed by atoms with Crippen LogP contribution in [0.1, 0.15) is 75.6 Å². The van der Waals surface area contributed by atoms with Gasteiger partial charge in [-0.15, -0.1) is 0 Å². The number of likely N-dealkylation sites (tertiary alicyclic amines) is 1. The number of carbonyl (C=O) groups is 2. The Kier molecular flexibility index (Phi) is 9.82. The van der Waals surface area contributed by atoms with Crippen LogP contribution in [0.15, 0.2) is 42.6 Å². The van der Waals surface area contributed by atoms with E-state index in [9.17, 15) is 33.0 Å². The highest BCUT2D eigenvalue weighted by Gasteiger charge is 2.58. The lowest BCUT2D eigenvalue weighted by atomic mass is 9.72. The first-order valence-electron chi connectivity index (χ1n) is 14.5. The molecule has 0 radical (unpaired) electrons. The summed E-state index contributed by atoms with van der Waals surface area (Å²) in [5, 5.41) is 23.2. The molecule has 8 nitrogen and oxygen atoms in total. The van der Waals surface area contributed by atoms with Crippen LogP contribution in [-0.2, 0) is 22.3 Å². The van der Waals surface area contributed by atoms with Crippen LogP contribution < -0.4 is 10.1 Å². The number of aliphatic hydroxyl groups is 1. The summed E-state index contributed by atoms with van der Waals surface area (Å²) in [5.41, 5.74) is -0.693. The molecule has 1 aromatic carbocycles. The largest absolute Gasteiger partial charge is 0.480 e. The molecule has 42 heavy (non-hydrogen) atoms. The maximum absolute atomic E-state index is 14.2. The summed E-state index contributed by atoms with van der Waals surface area (Å²) in [6.07, 6.45) is 0.286. The van der Waals surface area contributed by atoms with E-state index in [0.717, 1.165) is 30.9 Å². The minimum absolute atomic E-state index is 0.0592. The molecule has 2 aliphatic rings. The Labute approximate surface area is 244 Å². The number of rotatable bonds is 9. The number of hydrogen-bond donors (Lipinski definition) is 3. The number of halogens is 3. The summed E-state index contributed by atoms with van der Waals surface area (Å²) in [7, 11) is 0. The van der Waals surface area contributed by atoms with Crippen molar-refractivity contribution in [3.63, 3.8) is 0 Å². The molecule has 0 unspecified atom stereocenters. The number of ether oxygens (including phenoxy) is 1. The summed E-state index contributed by atoms with van der Waals surface area (Å²) in [4.78, 5) is 32.6. The first-order chi connectivity index (χ1) is 19.8. The molecule has 2 fully saturated rings. The Morgan fingerprint density at radius 2 is 1.76 bits per heavy atom. The summed E-state index contributed by atoms with van der Waals surface area (Å²) in [5.74, 6) is -2.24. The smallest absolute Gasteiger partial charge is 0.417 e. The van der Waals surface area contributed by atoms with Gasteiger partial charge in [0.05, 0.1) is 18.2 Å². The molecule has 1 aliphatic carbocycles. The number of nitrogens with one attached hydrogen (secondary N) is 1. The van der Waals surface area contributed by atoms with Crippen LogP contribution in [0.2, 0.25) is 0 Å². The Hall–Kier alpha value is -3.18. The van der Waals surface area contributed by atoms with Gasteiger partial charge in [0, 0.05) is 36.2 Å². The van der Waals surface area contributed by atoms with E-state index in [0.29, 0.717) is 19.0 Å². The van der Waals surface area contributed by atoms with E-state index in [1.807, 2.05) is 51.1 Å². The van der Waals surface area contributed by atoms with Gasteiger partial charge in [0.25, 0.3) is 0 Å². The highest BCUT2D eigenvalue weighted by atomic mass is 19.4. The van der Waals surface area contributed by atoms with Gasteiger partial charge in [0.15, 0.2) is 0 Å². The fourth-order valence-electron chi connectivity index (χ4n) is 6.57. The summed E-state index contributed by atoms with van der Waals surface area (Å²) < 4.78 is 46.2. The van der Waals surface area contributed by atoms with E-state index in [2.05, 4.69) is 10.3 Å². The lowest BCUT2D eigenvalue weighted by Crippen LogP contribution is -2.49. The van der Waals surface area contributed by atoms with Gasteiger partial charge < -0.3 is 25.2 Å². The molecule has 11 heteroatoms. The van der Waals surface area contributed by atoms with Crippen molar-refractivity contribution >= 4 is 11.9 Å². The number of hydrogen-bond acceptors (Lipinski definition) is 6. The molecule has 1 amide bonds. The molecule has 1 saturated carbocycles. The second-order valence-corrected chi connectivity index (χ2v) is 12.3. The van der Waals surface area contributed by atoms with E-state index in [1.54, 1.807) is 0 Å². The fraction of sp³-hybridized carbons (Fsp3) is 0.581. The van der Waals surface area contributed by atoms with Gasteiger partial charge in [-0.3, -0.25) is 4.79 Å². The number of benzene rings is 1. The third-order valence-corrected chi connectivity index (χ3v) is 8.38. The number of nitrogens with zero attached hydrogens (tertiary/aromatic N) is 2. The van der Waals surface area contributed by atoms with Crippen molar-refractivity contribution in [3.05, 3.63) is 59.3 Å². The second-order valence-electron chi connectivity index (χ2n) is 12.3. The van der Waals surface area contributed by atoms with Gasteiger partial charge in [-0.1, -0.05) is 70.4 Å². The van der Waals surface area contributed by atoms with Gasteiger partial charge in [-0.2, -0.15) is 13.2 Å². The van der Waals surface area contributed by atoms with Crippen molar-refractivity contribution < 1.29 is 37.7 Å². The Morgan fingerprint density at radius 1 is 1.10 bits per heavy atom. The predicted molar refractivity (Wildman–Crippen MR) is 149 cm³/mol. The number of aliphatic carboxylic acids is 1. The van der Waals surface area contributed by atoms with Crippen LogP contribution in [0.3, 0.4) is 0 Å². The van der Waals surface area contributed by atoms with Gasteiger partial charge in [0.2, 0.25) is 11.8 Å². The maximum Gasteiger partial charge on any atom is 0.417 e. The number of carboxylic acid groups (broad SMARTS) is 1. The molecular formula is C31H40F3N3O5. The fourth-order valence-corrected chi connectivity index (χ4v) is 6.57. The van der Waals surface area contributed by atoms with Crippen molar-refractivity contribution in [3.8, 4) is 5.88 Å². The normalized spacial score (nSPS) is 23.6. The monoisotopic (exact) mass is 591 g/mol. The molecule has 230 valence electrons. The van der Waals surface area contributed by atoms with Crippen LogP contribution in [0.4, 0.5) is 13.2 Å². The summed E-state index contributed by atoms with van der Waals surface area (Å²) in [6.45, 7) is 5.12. The standard InChI is InChI=1S/C31H40F3N3O5/c1-30(2,3)23-24(35-17-21-16-22(31(32,33)34)18-36-27(21)42-15-14-38)25(19-10-6-4-7-11-19)37(26(23)29(40)41)28(39)20-12-8-5-9-13-20/h4,6-7,10-11,16,18,20,23-26,35,38H,5,8-9,12-15,17H2,1-3H3,(H,40,41)/t23-,24-,25-,26-/m1/s1. The number of carboxylic acids is 1. The highest BCUT2D eigenvalue weighted by Crippen LogP contribution is 2.49. The van der Waals surface area contributed by atoms with Gasteiger partial charge in [-0.25, -0.2) is 9.78 Å². The van der Waals surface area contributed by atoms with Crippen molar-refractivity contribution in [2.24, 2.45) is 17.3 Å². The van der Waals surface area contributed by atoms with Crippen LogP contribution in [0.5, 0.6) is 5.88 Å². The van der Waals surface area contributed by atoms with E-state index in [-0.39, 0.29) is 43.0 Å². The number of aliphatic hydroxyl groups excluding tert-OH is 1. The third kappa shape index (κ3) is 6.89. The molecule has 1 saturated heterocycles. The average Bonchev–Trinajstić information content (AvgIpc) is 3.31. The van der Waals surface area contributed by atoms with Crippen LogP contribution in [-0.4, -0.2) is 57.3 Å². The van der Waals surface area contributed by atoms with Crippen molar-refractivity contribution in [2.75, 3.05) is 13.2 Å². The number of pyridine rings is 1. The zero-order valence-corrected chi connectivity index (χ0v) is 24.2. The lowest BCUT2D eigenvalue weighted by Gasteiger charge is -2.36. The Bertz CT molecular complexity index is 1230. The highest BCUT2D eigenvalue weighted by molar-refractivity contribution is 5.87. The number of amides is 1. The lowest BCUT2D eigenvalue weighted by molar-refractivity contribution is -0.154. The molecule has 4 atom stereocenters. The quantitative estimate of drug-likeness (QED) is 0.367. The first-order valence-corrected chi connectivity index (χ1v) is 14.5. The molecule has 1 aromatic heterocycles. The van der Waals surface area contributed by atoms with Crippen molar-refractivity contribution in [1.82, 2.24) is 15.2 Å². The summed E-state index contributed by atoms with van der Waals surface area (Å²) in [6, 6.07) is 7.70. The zero-order valence-electron chi connectivity index (χ0n) is 24.2. The number of carbonyl (C=O) groups excluding carboxylic acids is 1. The molecule has 2 heterocycles. The molecule has 2 aromatic rings. The van der Waals surface area contributed by atoms with E-state index < -0.39 is 47.2 Å². The van der Waals surface area contributed by atoms with Crippen LogP contribution >= 0.6 is 0 Å². The third-order valence-electron chi connectivity index (χ3n) is 8.38. The van der Waals surface area contributed by atoms with E-state index in [4.69, 9.17) is 4.74 Å². The summed E-state index contributed by atoms with van der Waals surface area (Å²) >= 11 is 0. The van der Waals surface area contributed by atoms with Gasteiger partial charge >= 0.3 is 12.1 Å². The minimum atomic E-state index is -4.64. The van der Waals surface area contributed by atoms with Crippen LogP contribution in [0.25, 0.3) is 0 Å². The zero-order chi connectivity index (χ0) is 30.7. The number of aromatic nitrogens is 1. The average molecular weight is 592 g/mol. The van der Waals surface area contributed by atoms with Crippen LogP contribution in [0, 0.1) is 17.3 Å². The maximum atomic E-state index is 14.2. The van der Waals surface area contributed by atoms with Gasteiger partial charge in [0.1, 0.15) is 12.6 Å². The number of alkyl halides is 3. The second kappa shape index (κ2) is 13.0. The minimum Gasteiger partial charge on any atom is -0.480 e. The Balaban J connectivity index is 1.80. The van der Waals surface area contributed by atoms with Crippen molar-refractivity contribution in [1.29, 1.82) is 0 Å². The van der Waals surface area contributed by atoms with Crippen molar-refractivity contribution in [2.45, 2.75) is 83.7 Å². The molecule has 1 aliphatic heterocycles. The van der Waals surface area contributed by atoms with Gasteiger partial charge in [-0.05, 0) is 29.9 Å². The molecular weight excluding hydrogens is 551 g/mol. The molecule has 0 bridgehead atoms. The predicted octanol–water partition coefficient (Wildman–Crippen LogP) is 5.21. The molecule has 0 spiro atoms.